The van der Waals surface area contributed by atoms with Gasteiger partial charge in [0.25, 0.3) is 0 Å². The average Bonchev–Trinajstić information content (AvgIpc) is 2.04. The summed E-state index contributed by atoms with van der Waals surface area (Å²) in [6.07, 6.45) is 1.43. The van der Waals surface area contributed by atoms with E-state index in [4.69, 9.17) is 16.3 Å². The van der Waals surface area contributed by atoms with Gasteiger partial charge >= 0.3 is 0 Å². The van der Waals surface area contributed by atoms with Gasteiger partial charge in [-0.25, -0.2) is 4.79 Å². The predicted molar refractivity (Wildman–Crippen MR) is 53.5 cm³/mol. The zero-order valence-electron chi connectivity index (χ0n) is 6.67. The van der Waals surface area contributed by atoms with Crippen molar-refractivity contribution in [3.8, 4) is 5.75 Å². The number of halogens is 2. The van der Waals surface area contributed by atoms with Gasteiger partial charge in [-0.05, 0) is 28.1 Å². The maximum atomic E-state index is 9.97. The Morgan fingerprint density at radius 2 is 2.31 bits per heavy atom. The second-order valence-corrected chi connectivity index (χ2v) is 3.41. The van der Waals surface area contributed by atoms with E-state index in [9.17, 15) is 4.79 Å². The van der Waals surface area contributed by atoms with Crippen LogP contribution in [0.15, 0.2) is 21.6 Å². The molecule has 3 nitrogen and oxygen atoms in total. The van der Waals surface area contributed by atoms with Gasteiger partial charge in [-0.2, -0.15) is 4.99 Å². The Balaban J connectivity index is 3.27. The molecular weight excluding hydrogens is 257 g/mol. The zero-order valence-corrected chi connectivity index (χ0v) is 9.02. The van der Waals surface area contributed by atoms with Crippen LogP contribution in [0.4, 0.5) is 5.69 Å². The molecule has 1 rings (SSSR count). The van der Waals surface area contributed by atoms with E-state index in [1.807, 2.05) is 0 Å². The van der Waals surface area contributed by atoms with Crippen LogP contribution in [0.1, 0.15) is 0 Å². The molecule has 0 radical (unpaired) electrons. The number of isocyanates is 1. The van der Waals surface area contributed by atoms with E-state index in [-0.39, 0.29) is 0 Å². The molecule has 1 aromatic rings. The number of nitrogens with zero attached hydrogens (tertiary/aromatic N) is 1. The molecule has 0 atom stereocenters. The first kappa shape index (κ1) is 10.3. The monoisotopic (exact) mass is 261 g/mol. The Hall–Kier alpha value is -0.830. The number of aliphatic imine (C=N–C) groups is 1. The van der Waals surface area contributed by atoms with Crippen LogP contribution in [0.25, 0.3) is 0 Å². The molecule has 0 heterocycles. The van der Waals surface area contributed by atoms with E-state index >= 15 is 0 Å². The molecule has 0 saturated heterocycles. The molecule has 0 saturated carbocycles. The van der Waals surface area contributed by atoms with Gasteiger partial charge in [-0.1, -0.05) is 11.6 Å². The van der Waals surface area contributed by atoms with Crippen molar-refractivity contribution in [2.75, 3.05) is 7.11 Å². The van der Waals surface area contributed by atoms with Gasteiger partial charge in [0.1, 0.15) is 0 Å². The van der Waals surface area contributed by atoms with Crippen molar-refractivity contribution in [3.63, 3.8) is 0 Å². The Kier molecular flexibility index (Phi) is 3.48. The third-order valence-electron chi connectivity index (χ3n) is 1.36. The fourth-order valence-electron chi connectivity index (χ4n) is 0.859. The Labute approximate surface area is 88.5 Å². The summed E-state index contributed by atoms with van der Waals surface area (Å²) in [7, 11) is 1.51. The van der Waals surface area contributed by atoms with E-state index in [0.29, 0.717) is 20.9 Å². The van der Waals surface area contributed by atoms with Crippen LogP contribution >= 0.6 is 27.5 Å². The maximum Gasteiger partial charge on any atom is 0.240 e. The lowest BCUT2D eigenvalue weighted by Crippen LogP contribution is -1.85. The topological polar surface area (TPSA) is 38.7 Å². The number of carbonyl (C=O) groups excluding carboxylic acids is 1. The lowest BCUT2D eigenvalue weighted by atomic mass is 10.3. The number of methoxy groups -OCH3 is 1. The molecule has 5 heteroatoms. The van der Waals surface area contributed by atoms with Crippen molar-refractivity contribution in [1.29, 1.82) is 0 Å². The Morgan fingerprint density at radius 3 is 2.77 bits per heavy atom. The van der Waals surface area contributed by atoms with Crippen LogP contribution in [0.2, 0.25) is 5.02 Å². The lowest BCUT2D eigenvalue weighted by molar-refractivity contribution is 0.412. The summed E-state index contributed by atoms with van der Waals surface area (Å²) < 4.78 is 5.64. The summed E-state index contributed by atoms with van der Waals surface area (Å²) in [6, 6.07) is 3.14. The maximum absolute atomic E-state index is 9.97. The summed E-state index contributed by atoms with van der Waals surface area (Å²) in [5.41, 5.74) is 0.438. The minimum Gasteiger partial charge on any atom is -0.494 e. The lowest BCUT2D eigenvalue weighted by Gasteiger charge is -2.05. The third kappa shape index (κ3) is 2.31. The van der Waals surface area contributed by atoms with Crippen LogP contribution in [0.3, 0.4) is 0 Å². The molecule has 0 amide bonds. The van der Waals surface area contributed by atoms with E-state index in [0.717, 1.165) is 0 Å². The van der Waals surface area contributed by atoms with Crippen molar-refractivity contribution < 1.29 is 9.53 Å². The van der Waals surface area contributed by atoms with Crippen molar-refractivity contribution >= 4 is 39.3 Å². The van der Waals surface area contributed by atoms with Gasteiger partial charge in [0.05, 0.1) is 22.3 Å². The SMILES string of the molecule is COc1c(Cl)cc(N=C=O)cc1Br. The van der Waals surface area contributed by atoms with Crippen LogP contribution in [0, 0.1) is 0 Å². The Morgan fingerprint density at radius 1 is 1.62 bits per heavy atom. The quantitative estimate of drug-likeness (QED) is 0.607. The van der Waals surface area contributed by atoms with Gasteiger partial charge in [0.15, 0.2) is 5.75 Å². The normalized spacial score (nSPS) is 9.15. The first-order valence-electron chi connectivity index (χ1n) is 3.30. The first-order chi connectivity index (χ1) is 6.19. The number of ether oxygens (including phenoxy) is 1. The molecule has 0 aliphatic carbocycles. The molecule has 0 aliphatic heterocycles. The van der Waals surface area contributed by atoms with Crippen LogP contribution < -0.4 is 4.74 Å². The summed E-state index contributed by atoms with van der Waals surface area (Å²) >= 11 is 9.05. The number of hydrogen-bond donors (Lipinski definition) is 0. The molecule has 0 bridgehead atoms. The van der Waals surface area contributed by atoms with E-state index in [2.05, 4.69) is 20.9 Å². The van der Waals surface area contributed by atoms with E-state index < -0.39 is 0 Å². The molecule has 1 aromatic carbocycles. The largest absolute Gasteiger partial charge is 0.494 e. The second-order valence-electron chi connectivity index (χ2n) is 2.15. The van der Waals surface area contributed by atoms with Gasteiger partial charge in [0.2, 0.25) is 6.08 Å². The Bertz CT molecular complexity index is 351. The average molecular weight is 262 g/mol. The summed E-state index contributed by atoms with van der Waals surface area (Å²) in [6.45, 7) is 0. The van der Waals surface area contributed by atoms with Gasteiger partial charge in [0, 0.05) is 0 Å². The summed E-state index contributed by atoms with van der Waals surface area (Å²) in [4.78, 5) is 13.4. The van der Waals surface area contributed by atoms with Crippen molar-refractivity contribution in [2.24, 2.45) is 4.99 Å². The van der Waals surface area contributed by atoms with Crippen molar-refractivity contribution in [3.05, 3.63) is 21.6 Å². The van der Waals surface area contributed by atoms with Gasteiger partial charge in [-0.15, -0.1) is 0 Å². The highest BCUT2D eigenvalue weighted by molar-refractivity contribution is 9.10. The van der Waals surface area contributed by atoms with Crippen LogP contribution in [0.5, 0.6) is 5.75 Å². The molecular formula is C8H5BrClNO2. The third-order valence-corrected chi connectivity index (χ3v) is 2.23. The molecule has 0 unspecified atom stereocenters. The highest BCUT2D eigenvalue weighted by atomic mass is 79.9. The van der Waals surface area contributed by atoms with Crippen molar-refractivity contribution in [1.82, 2.24) is 0 Å². The molecule has 0 aromatic heterocycles. The smallest absolute Gasteiger partial charge is 0.240 e. The summed E-state index contributed by atoms with van der Waals surface area (Å²) in [5.74, 6) is 0.520. The number of hydrogen-bond acceptors (Lipinski definition) is 3. The number of rotatable bonds is 2. The summed E-state index contributed by atoms with van der Waals surface area (Å²) in [5, 5.41) is 0.394. The zero-order chi connectivity index (χ0) is 9.84. The molecule has 68 valence electrons. The fourth-order valence-corrected chi connectivity index (χ4v) is 1.87. The highest BCUT2D eigenvalue weighted by Crippen LogP contribution is 2.36. The minimum atomic E-state index is 0.394. The van der Waals surface area contributed by atoms with Crippen LogP contribution in [-0.4, -0.2) is 13.2 Å². The molecule has 0 spiro atoms. The molecule has 0 N–H and O–H groups in total. The number of benzene rings is 1. The predicted octanol–water partition coefficient (Wildman–Crippen LogP) is 3.08. The second kappa shape index (κ2) is 4.42. The highest BCUT2D eigenvalue weighted by Gasteiger charge is 2.07. The van der Waals surface area contributed by atoms with Gasteiger partial charge < -0.3 is 4.74 Å². The molecule has 0 fully saturated rings. The van der Waals surface area contributed by atoms with E-state index in [1.165, 1.54) is 19.3 Å². The fraction of sp³-hybridized carbons (Fsp3) is 0.125. The standard InChI is InChI=1S/C8H5BrClNO2/c1-13-8-6(9)2-5(11-4-12)3-7(8)10/h2-3H,1H3. The first-order valence-corrected chi connectivity index (χ1v) is 4.47. The minimum absolute atomic E-state index is 0.394. The van der Waals surface area contributed by atoms with Gasteiger partial charge in [-0.3, -0.25) is 0 Å². The van der Waals surface area contributed by atoms with Crippen molar-refractivity contribution in [2.45, 2.75) is 0 Å². The van der Waals surface area contributed by atoms with E-state index in [1.54, 1.807) is 6.07 Å². The molecule has 13 heavy (non-hydrogen) atoms. The van der Waals surface area contributed by atoms with Crippen LogP contribution in [-0.2, 0) is 4.79 Å². The molecule has 0 aliphatic rings.